The van der Waals surface area contributed by atoms with Crippen molar-refractivity contribution < 1.29 is 41.0 Å². The monoisotopic (exact) mass is 372 g/mol. The summed E-state index contributed by atoms with van der Waals surface area (Å²) in [6, 6.07) is 2.61. The number of hydrogen-bond acceptors (Lipinski definition) is 5. The van der Waals surface area contributed by atoms with Crippen LogP contribution in [0.1, 0.15) is 19.4 Å². The average molecular weight is 372 g/mol. The number of aliphatic hydroxyl groups is 1. The van der Waals surface area contributed by atoms with Crippen molar-refractivity contribution in [3.63, 3.8) is 0 Å². The van der Waals surface area contributed by atoms with E-state index in [4.69, 9.17) is 0 Å². The molecule has 25 heavy (non-hydrogen) atoms. The molecule has 0 fully saturated rings. The molecule has 0 amide bonds. The first-order valence-electron chi connectivity index (χ1n) is 6.78. The third kappa shape index (κ3) is 4.41. The van der Waals surface area contributed by atoms with Crippen molar-refractivity contribution >= 4 is 17.4 Å². The molecule has 0 aliphatic rings. The van der Waals surface area contributed by atoms with E-state index in [1.165, 1.54) is 6.92 Å². The lowest BCUT2D eigenvalue weighted by atomic mass is 9.92. The Kier molecular flexibility index (Phi) is 6.05. The van der Waals surface area contributed by atoms with Crippen LogP contribution in [-0.4, -0.2) is 35.7 Å². The fraction of sp³-hybridized carbons (Fsp3) is 0.429. The molecule has 1 rings (SSSR count). The maximum absolute atomic E-state index is 12.7. The van der Waals surface area contributed by atoms with Gasteiger partial charge >= 0.3 is 18.3 Å². The highest BCUT2D eigenvalue weighted by atomic mass is 19.4. The summed E-state index contributed by atoms with van der Waals surface area (Å²) in [5, 5.41) is 12.8. The van der Waals surface area contributed by atoms with Gasteiger partial charge in [0.05, 0.1) is 12.3 Å². The quantitative estimate of drug-likeness (QED) is 0.360. The van der Waals surface area contributed by atoms with Gasteiger partial charge in [0, 0.05) is 5.56 Å². The van der Waals surface area contributed by atoms with Crippen LogP contribution in [0.5, 0.6) is 0 Å². The van der Waals surface area contributed by atoms with Crippen molar-refractivity contribution in [2.24, 2.45) is 5.10 Å². The maximum Gasteiger partial charge on any atom is 0.430 e. The number of hydrazone groups is 1. The van der Waals surface area contributed by atoms with Crippen molar-refractivity contribution in [2.45, 2.75) is 31.8 Å². The second-order valence-corrected chi connectivity index (χ2v) is 4.81. The first-order chi connectivity index (χ1) is 11.3. The van der Waals surface area contributed by atoms with Gasteiger partial charge < -0.3 is 9.84 Å². The van der Waals surface area contributed by atoms with Crippen LogP contribution in [0, 0.1) is 0 Å². The van der Waals surface area contributed by atoms with Crippen molar-refractivity contribution in [3.05, 3.63) is 29.8 Å². The topological polar surface area (TPSA) is 70.9 Å². The van der Waals surface area contributed by atoms with Crippen LogP contribution in [0.3, 0.4) is 0 Å². The summed E-state index contributed by atoms with van der Waals surface area (Å²) < 4.78 is 81.1. The first kappa shape index (κ1) is 20.7. The Hall–Kier alpha value is -2.30. The predicted octanol–water partition coefficient (Wildman–Crippen LogP) is 3.35. The number of carbonyl (C=O) groups excluding carboxylic acids is 1. The van der Waals surface area contributed by atoms with Gasteiger partial charge in [-0.25, -0.2) is 4.79 Å². The number of halogens is 6. The van der Waals surface area contributed by atoms with E-state index >= 15 is 0 Å². The highest BCUT2D eigenvalue weighted by Gasteiger charge is 2.71. The molecule has 2 N–H and O–H groups in total. The Morgan fingerprint density at radius 3 is 2.00 bits per heavy atom. The fourth-order valence-electron chi connectivity index (χ4n) is 1.70. The summed E-state index contributed by atoms with van der Waals surface area (Å²) in [6.07, 6.45) is -11.9. The Labute approximate surface area is 138 Å². The Bertz CT molecular complexity index is 623. The molecule has 0 saturated carbocycles. The molecule has 0 unspecified atom stereocenters. The zero-order valence-electron chi connectivity index (χ0n) is 13.0. The minimum absolute atomic E-state index is 0.000836. The van der Waals surface area contributed by atoms with Crippen LogP contribution >= 0.6 is 0 Å². The van der Waals surface area contributed by atoms with Crippen LogP contribution < -0.4 is 5.43 Å². The summed E-state index contributed by atoms with van der Waals surface area (Å²) in [4.78, 5) is 11.3. The van der Waals surface area contributed by atoms with E-state index in [-0.39, 0.29) is 18.0 Å². The predicted molar refractivity (Wildman–Crippen MR) is 75.8 cm³/mol. The van der Waals surface area contributed by atoms with Crippen LogP contribution in [-0.2, 0) is 15.1 Å². The van der Waals surface area contributed by atoms with E-state index in [2.05, 4.69) is 15.3 Å². The van der Waals surface area contributed by atoms with Crippen LogP contribution in [0.2, 0.25) is 0 Å². The third-order valence-electron chi connectivity index (χ3n) is 3.05. The number of esters is 1. The third-order valence-corrected chi connectivity index (χ3v) is 3.05. The molecule has 0 bridgehead atoms. The van der Waals surface area contributed by atoms with Gasteiger partial charge in [-0.15, -0.1) is 0 Å². The maximum atomic E-state index is 12.7. The zero-order chi connectivity index (χ0) is 19.5. The Morgan fingerprint density at radius 2 is 1.60 bits per heavy atom. The lowest BCUT2D eigenvalue weighted by molar-refractivity contribution is -0.376. The zero-order valence-corrected chi connectivity index (χ0v) is 13.0. The summed E-state index contributed by atoms with van der Waals surface area (Å²) in [7, 11) is 0. The van der Waals surface area contributed by atoms with Crippen LogP contribution in [0.25, 0.3) is 0 Å². The van der Waals surface area contributed by atoms with E-state index in [1.807, 2.05) is 0 Å². The second-order valence-electron chi connectivity index (χ2n) is 4.81. The van der Waals surface area contributed by atoms with E-state index in [0.29, 0.717) is 12.1 Å². The summed E-state index contributed by atoms with van der Waals surface area (Å²) in [5.74, 6) is -0.741. The largest absolute Gasteiger partial charge is 0.461 e. The molecular formula is C14H14F6N2O3. The molecule has 0 aromatic heterocycles. The van der Waals surface area contributed by atoms with E-state index in [9.17, 15) is 36.2 Å². The van der Waals surface area contributed by atoms with Crippen molar-refractivity contribution in [2.75, 3.05) is 12.0 Å². The highest BCUT2D eigenvalue weighted by Crippen LogP contribution is 2.50. The number of rotatable bonds is 5. The molecule has 11 heteroatoms. The van der Waals surface area contributed by atoms with Gasteiger partial charge in [-0.2, -0.15) is 31.4 Å². The molecule has 0 heterocycles. The fourth-order valence-corrected chi connectivity index (χ4v) is 1.70. The number of nitrogens with one attached hydrogen (secondary N) is 1. The summed E-state index contributed by atoms with van der Waals surface area (Å²) in [5.41, 5.74) is -4.22. The lowest BCUT2D eigenvalue weighted by Gasteiger charge is -2.32. The van der Waals surface area contributed by atoms with Crippen LogP contribution in [0.15, 0.2) is 29.4 Å². The van der Waals surface area contributed by atoms with Crippen LogP contribution in [0.4, 0.5) is 32.0 Å². The molecule has 0 aliphatic carbocycles. The number of anilines is 1. The normalized spacial score (nSPS) is 13.6. The molecule has 1 aromatic rings. The van der Waals surface area contributed by atoms with Gasteiger partial charge in [-0.3, -0.25) is 5.43 Å². The van der Waals surface area contributed by atoms with Gasteiger partial charge in [-0.05, 0) is 26.0 Å². The molecule has 5 nitrogen and oxygen atoms in total. The van der Waals surface area contributed by atoms with Gasteiger partial charge in [0.2, 0.25) is 0 Å². The summed E-state index contributed by atoms with van der Waals surface area (Å²) in [6.45, 7) is 2.97. The number of carbonyl (C=O) groups is 1. The molecule has 0 aliphatic heterocycles. The SMILES string of the molecule is CCOC(=O)C(C)=NNc1ccc(C(O)(C(F)(F)F)C(F)(F)F)cc1. The minimum atomic E-state index is -5.96. The Balaban J connectivity index is 3.06. The van der Waals surface area contributed by atoms with Gasteiger partial charge in [0.25, 0.3) is 5.60 Å². The number of nitrogens with zero attached hydrogens (tertiary/aromatic N) is 1. The average Bonchev–Trinajstić information content (AvgIpc) is 2.50. The van der Waals surface area contributed by atoms with Gasteiger partial charge in [0.15, 0.2) is 0 Å². The second kappa shape index (κ2) is 7.30. The highest BCUT2D eigenvalue weighted by molar-refractivity contribution is 6.35. The van der Waals surface area contributed by atoms with Crippen molar-refractivity contribution in [1.29, 1.82) is 0 Å². The van der Waals surface area contributed by atoms with E-state index in [0.717, 1.165) is 12.1 Å². The summed E-state index contributed by atoms with van der Waals surface area (Å²) >= 11 is 0. The lowest BCUT2D eigenvalue weighted by Crippen LogP contribution is -2.53. The molecule has 1 aromatic carbocycles. The molecule has 0 atom stereocenters. The number of ether oxygens (including phenoxy) is 1. The molecule has 0 saturated heterocycles. The van der Waals surface area contributed by atoms with E-state index < -0.39 is 29.5 Å². The van der Waals surface area contributed by atoms with Gasteiger partial charge in [0.1, 0.15) is 5.71 Å². The molecule has 0 spiro atoms. The molecule has 140 valence electrons. The Morgan fingerprint density at radius 1 is 1.12 bits per heavy atom. The molecule has 0 radical (unpaired) electrons. The number of hydrogen-bond donors (Lipinski definition) is 2. The van der Waals surface area contributed by atoms with Crippen molar-refractivity contribution in [1.82, 2.24) is 0 Å². The number of alkyl halides is 6. The van der Waals surface area contributed by atoms with E-state index in [1.54, 1.807) is 6.92 Å². The van der Waals surface area contributed by atoms with Crippen molar-refractivity contribution in [3.8, 4) is 0 Å². The standard InChI is InChI=1S/C14H14F6N2O3/c1-3-25-11(23)8(2)21-22-10-6-4-9(5-7-10)12(24,13(15,16)17)14(18,19)20/h4-7,22,24H,3H2,1-2H3. The first-order valence-corrected chi connectivity index (χ1v) is 6.78. The van der Waals surface area contributed by atoms with Gasteiger partial charge in [-0.1, -0.05) is 12.1 Å². The smallest absolute Gasteiger partial charge is 0.430 e. The number of benzene rings is 1. The molecular weight excluding hydrogens is 358 g/mol. The minimum Gasteiger partial charge on any atom is -0.461 e.